The van der Waals surface area contributed by atoms with Crippen LogP contribution in [-0.2, 0) is 11.2 Å². The molecule has 0 unspecified atom stereocenters. The maximum atomic E-state index is 6.03. The first kappa shape index (κ1) is 19.5. The fourth-order valence-corrected chi connectivity index (χ4v) is 3.39. The van der Waals surface area contributed by atoms with Gasteiger partial charge in [-0.05, 0) is 29.8 Å². The van der Waals surface area contributed by atoms with Gasteiger partial charge in [0.1, 0.15) is 18.1 Å². The molecular formula is C23H26N2O4. The van der Waals surface area contributed by atoms with Gasteiger partial charge >= 0.3 is 0 Å². The highest BCUT2D eigenvalue weighted by Crippen LogP contribution is 2.37. The Bertz CT molecular complexity index is 874. The molecule has 0 saturated carbocycles. The fourth-order valence-electron chi connectivity index (χ4n) is 3.39. The minimum absolute atomic E-state index is 0.597. The zero-order valence-electron chi connectivity index (χ0n) is 16.7. The number of fused-ring (bicyclic) bond motifs is 1. The molecule has 2 aromatic carbocycles. The third-order valence-electron chi connectivity index (χ3n) is 4.96. The highest BCUT2D eigenvalue weighted by atomic mass is 16.5. The summed E-state index contributed by atoms with van der Waals surface area (Å²) in [6, 6.07) is 13.7. The minimum atomic E-state index is 0.597. The van der Waals surface area contributed by atoms with E-state index in [1.807, 2.05) is 48.5 Å². The van der Waals surface area contributed by atoms with Crippen LogP contribution in [0, 0.1) is 0 Å². The number of benzene rings is 2. The highest BCUT2D eigenvalue weighted by Gasteiger charge is 2.16. The van der Waals surface area contributed by atoms with E-state index in [1.165, 1.54) is 0 Å². The number of para-hydroxylation sites is 1. The largest absolute Gasteiger partial charge is 0.493 e. The number of rotatable bonds is 7. The summed E-state index contributed by atoms with van der Waals surface area (Å²) in [5.41, 5.74) is 1.91. The van der Waals surface area contributed by atoms with Gasteiger partial charge in [-0.25, -0.2) is 0 Å². The molecule has 2 aliphatic rings. The number of morpholine rings is 1. The van der Waals surface area contributed by atoms with Crippen molar-refractivity contribution >= 4 is 11.9 Å². The molecule has 2 aliphatic heterocycles. The van der Waals surface area contributed by atoms with E-state index in [1.54, 1.807) is 13.3 Å². The van der Waals surface area contributed by atoms with Crippen molar-refractivity contribution in [3.05, 3.63) is 59.9 Å². The third-order valence-corrected chi connectivity index (χ3v) is 4.96. The van der Waals surface area contributed by atoms with Crippen LogP contribution in [0.15, 0.2) is 59.3 Å². The Labute approximate surface area is 171 Å². The van der Waals surface area contributed by atoms with Gasteiger partial charge in [-0.1, -0.05) is 18.2 Å². The summed E-state index contributed by atoms with van der Waals surface area (Å²) in [5.74, 6) is 3.07. The van der Waals surface area contributed by atoms with Crippen LogP contribution in [-0.4, -0.2) is 57.7 Å². The summed E-state index contributed by atoms with van der Waals surface area (Å²) in [5, 5.41) is 0. The molecule has 0 amide bonds. The van der Waals surface area contributed by atoms with E-state index < -0.39 is 0 Å². The summed E-state index contributed by atoms with van der Waals surface area (Å²) >= 11 is 0. The topological polar surface area (TPSA) is 52.5 Å². The van der Waals surface area contributed by atoms with Crippen LogP contribution >= 0.6 is 0 Å². The van der Waals surface area contributed by atoms with Gasteiger partial charge in [-0.15, -0.1) is 0 Å². The first-order chi connectivity index (χ1) is 14.3. The second-order valence-electron chi connectivity index (χ2n) is 6.94. The third kappa shape index (κ3) is 5.16. The Balaban J connectivity index is 1.44. The second kappa shape index (κ2) is 9.58. The van der Waals surface area contributed by atoms with Crippen LogP contribution in [0.4, 0.5) is 5.69 Å². The summed E-state index contributed by atoms with van der Waals surface area (Å²) < 4.78 is 23.0. The lowest BCUT2D eigenvalue weighted by molar-refractivity contribution is 0.0321. The van der Waals surface area contributed by atoms with Crippen LogP contribution in [0.1, 0.15) is 5.56 Å². The first-order valence-electron chi connectivity index (χ1n) is 9.92. The van der Waals surface area contributed by atoms with Crippen molar-refractivity contribution in [3.63, 3.8) is 0 Å². The molecule has 6 heteroatoms. The molecule has 4 rings (SSSR count). The van der Waals surface area contributed by atoms with Gasteiger partial charge in [0.05, 0.1) is 26.0 Å². The van der Waals surface area contributed by atoms with E-state index in [4.69, 9.17) is 18.9 Å². The molecule has 2 aromatic rings. The molecule has 1 fully saturated rings. The average molecular weight is 394 g/mol. The number of hydrogen-bond donors (Lipinski definition) is 0. The van der Waals surface area contributed by atoms with E-state index in [-0.39, 0.29) is 0 Å². The molecule has 0 aromatic heterocycles. The summed E-state index contributed by atoms with van der Waals surface area (Å²) in [6.07, 6.45) is 4.31. The number of ether oxygens (including phenoxy) is 4. The molecule has 0 spiro atoms. The molecule has 29 heavy (non-hydrogen) atoms. The normalized spacial score (nSPS) is 16.5. The van der Waals surface area contributed by atoms with Gasteiger partial charge in [-0.2, -0.15) is 0 Å². The van der Waals surface area contributed by atoms with Crippen molar-refractivity contribution in [2.45, 2.75) is 6.42 Å². The van der Waals surface area contributed by atoms with Gasteiger partial charge in [0.25, 0.3) is 0 Å². The average Bonchev–Trinajstić information content (AvgIpc) is 2.95. The summed E-state index contributed by atoms with van der Waals surface area (Å²) in [7, 11) is 1.66. The fraction of sp³-hybridized carbons (Fsp3) is 0.348. The summed E-state index contributed by atoms with van der Waals surface area (Å²) in [6.45, 7) is 4.94. The van der Waals surface area contributed by atoms with Crippen molar-refractivity contribution in [2.24, 2.45) is 4.99 Å². The Morgan fingerprint density at radius 1 is 1.07 bits per heavy atom. The predicted octanol–water partition coefficient (Wildman–Crippen LogP) is 3.63. The van der Waals surface area contributed by atoms with Crippen molar-refractivity contribution in [1.29, 1.82) is 0 Å². The van der Waals surface area contributed by atoms with Gasteiger partial charge in [0.15, 0.2) is 11.5 Å². The molecule has 1 saturated heterocycles. The lowest BCUT2D eigenvalue weighted by atomic mass is 10.1. The maximum absolute atomic E-state index is 6.03. The van der Waals surface area contributed by atoms with E-state index in [2.05, 4.69) is 9.89 Å². The first-order valence-corrected chi connectivity index (χ1v) is 9.92. The number of methoxy groups -OCH3 is 1. The standard InChI is InChI=1S/C23H26N2O4/c1-26-22-16-18-15-20(29-19-5-3-2-4-6-19)7-8-24-21(18)17-23(22)28-14-11-25-9-12-27-13-10-25/h2-8,16-17H,9-15H2,1H3. The smallest absolute Gasteiger partial charge is 0.163 e. The predicted molar refractivity (Wildman–Crippen MR) is 113 cm³/mol. The number of nitrogens with zero attached hydrogens (tertiary/aromatic N) is 2. The van der Waals surface area contributed by atoms with Gasteiger partial charge in [0, 0.05) is 38.3 Å². The molecule has 0 aliphatic carbocycles. The van der Waals surface area contributed by atoms with E-state index in [9.17, 15) is 0 Å². The van der Waals surface area contributed by atoms with Gasteiger partial charge < -0.3 is 18.9 Å². The minimum Gasteiger partial charge on any atom is -0.493 e. The zero-order valence-corrected chi connectivity index (χ0v) is 16.7. The Morgan fingerprint density at radius 3 is 2.69 bits per heavy atom. The molecular weight excluding hydrogens is 368 g/mol. The molecule has 0 radical (unpaired) electrons. The molecule has 2 heterocycles. The Hall–Kier alpha value is -2.83. The van der Waals surface area contributed by atoms with E-state index in [0.29, 0.717) is 24.5 Å². The zero-order chi connectivity index (χ0) is 19.9. The second-order valence-corrected chi connectivity index (χ2v) is 6.94. The quantitative estimate of drug-likeness (QED) is 0.718. The van der Waals surface area contributed by atoms with Crippen molar-refractivity contribution in [1.82, 2.24) is 4.90 Å². The monoisotopic (exact) mass is 394 g/mol. The highest BCUT2D eigenvalue weighted by molar-refractivity contribution is 5.78. The lowest BCUT2D eigenvalue weighted by Gasteiger charge is -2.26. The molecule has 6 nitrogen and oxygen atoms in total. The maximum Gasteiger partial charge on any atom is 0.163 e. The SMILES string of the molecule is COc1cc2c(cc1OCCN1CCOCC1)N=CC=C(Oc1ccccc1)C2. The molecule has 152 valence electrons. The van der Waals surface area contributed by atoms with Crippen LogP contribution < -0.4 is 14.2 Å². The molecule has 0 N–H and O–H groups in total. The van der Waals surface area contributed by atoms with Crippen molar-refractivity contribution < 1.29 is 18.9 Å². The van der Waals surface area contributed by atoms with Crippen molar-refractivity contribution in [3.8, 4) is 17.2 Å². The van der Waals surface area contributed by atoms with Crippen LogP contribution in [0.2, 0.25) is 0 Å². The summed E-state index contributed by atoms with van der Waals surface area (Å²) in [4.78, 5) is 6.91. The number of hydrogen-bond acceptors (Lipinski definition) is 6. The Morgan fingerprint density at radius 2 is 1.90 bits per heavy atom. The van der Waals surface area contributed by atoms with Crippen LogP contribution in [0.5, 0.6) is 17.2 Å². The van der Waals surface area contributed by atoms with Crippen LogP contribution in [0.25, 0.3) is 0 Å². The lowest BCUT2D eigenvalue weighted by Crippen LogP contribution is -2.38. The van der Waals surface area contributed by atoms with E-state index >= 15 is 0 Å². The number of allylic oxidation sites excluding steroid dienone is 2. The van der Waals surface area contributed by atoms with Gasteiger partial charge in [0.2, 0.25) is 0 Å². The molecule has 0 atom stereocenters. The number of aliphatic imine (C=N–C) groups is 1. The van der Waals surface area contributed by atoms with Gasteiger partial charge in [-0.3, -0.25) is 9.89 Å². The van der Waals surface area contributed by atoms with Crippen LogP contribution in [0.3, 0.4) is 0 Å². The molecule has 0 bridgehead atoms. The van der Waals surface area contributed by atoms with Crippen molar-refractivity contribution in [2.75, 3.05) is 46.6 Å². The van der Waals surface area contributed by atoms with E-state index in [0.717, 1.165) is 55.6 Å². The Kier molecular flexibility index (Phi) is 6.44.